The van der Waals surface area contributed by atoms with E-state index in [9.17, 15) is 9.59 Å². The number of hydrogen-bond donors (Lipinski definition) is 2. The summed E-state index contributed by atoms with van der Waals surface area (Å²) in [6, 6.07) is -0.362. The second-order valence-electron chi connectivity index (χ2n) is 2.64. The number of carbonyl (C=O) groups excluding carboxylic acids is 2. The number of β-lactam (4-membered cyclic amide) rings is 1. The fourth-order valence-electron chi connectivity index (χ4n) is 1.13. The first-order valence-corrected chi connectivity index (χ1v) is 3.84. The van der Waals surface area contributed by atoms with Crippen LogP contribution in [0, 0.1) is 0 Å². The molecule has 1 fully saturated rings. The molecular weight excluding hydrogens is 160 g/mol. The smallest absolute Gasteiger partial charge is 0.407 e. The SMILES string of the molecule is CCC1NC(=O)C1NC(=O)OC. The Labute approximate surface area is 70.5 Å². The van der Waals surface area contributed by atoms with Gasteiger partial charge in [-0.15, -0.1) is 0 Å². The van der Waals surface area contributed by atoms with Crippen molar-refractivity contribution < 1.29 is 14.3 Å². The number of ether oxygens (including phenoxy) is 1. The fourth-order valence-corrected chi connectivity index (χ4v) is 1.13. The van der Waals surface area contributed by atoms with Crippen LogP contribution < -0.4 is 10.6 Å². The van der Waals surface area contributed by atoms with Crippen LogP contribution in [0.2, 0.25) is 0 Å². The molecule has 0 aliphatic carbocycles. The number of rotatable bonds is 2. The molecule has 68 valence electrons. The van der Waals surface area contributed by atoms with Crippen molar-refractivity contribution in [1.29, 1.82) is 0 Å². The predicted molar refractivity (Wildman–Crippen MR) is 41.6 cm³/mol. The van der Waals surface area contributed by atoms with E-state index in [1.54, 1.807) is 0 Å². The van der Waals surface area contributed by atoms with Gasteiger partial charge in [-0.05, 0) is 6.42 Å². The lowest BCUT2D eigenvalue weighted by Crippen LogP contribution is -2.68. The highest BCUT2D eigenvalue weighted by atomic mass is 16.5. The molecular formula is C7H12N2O3. The van der Waals surface area contributed by atoms with Gasteiger partial charge >= 0.3 is 6.09 Å². The summed E-state index contributed by atoms with van der Waals surface area (Å²) in [5.74, 6) is -0.146. The summed E-state index contributed by atoms with van der Waals surface area (Å²) < 4.78 is 4.37. The van der Waals surface area contributed by atoms with E-state index in [0.717, 1.165) is 6.42 Å². The Bertz CT molecular complexity index is 203. The number of methoxy groups -OCH3 is 1. The van der Waals surface area contributed by atoms with Gasteiger partial charge in [-0.25, -0.2) is 4.79 Å². The molecule has 2 N–H and O–H groups in total. The fraction of sp³-hybridized carbons (Fsp3) is 0.714. The Kier molecular flexibility index (Phi) is 2.52. The molecule has 1 rings (SSSR count). The molecule has 1 heterocycles. The first-order chi connectivity index (χ1) is 5.69. The van der Waals surface area contributed by atoms with Crippen LogP contribution in [0.3, 0.4) is 0 Å². The molecule has 5 nitrogen and oxygen atoms in total. The summed E-state index contributed by atoms with van der Waals surface area (Å²) in [6.07, 6.45) is 0.244. The van der Waals surface area contributed by atoms with E-state index in [1.807, 2.05) is 6.92 Å². The first-order valence-electron chi connectivity index (χ1n) is 3.84. The van der Waals surface area contributed by atoms with E-state index < -0.39 is 12.1 Å². The zero-order chi connectivity index (χ0) is 9.14. The third-order valence-electron chi connectivity index (χ3n) is 1.91. The highest BCUT2D eigenvalue weighted by Crippen LogP contribution is 2.09. The van der Waals surface area contributed by atoms with E-state index in [1.165, 1.54) is 7.11 Å². The van der Waals surface area contributed by atoms with Crippen molar-refractivity contribution in [2.45, 2.75) is 25.4 Å². The van der Waals surface area contributed by atoms with Gasteiger partial charge in [0, 0.05) is 0 Å². The molecule has 1 saturated heterocycles. The maximum absolute atomic E-state index is 10.9. The predicted octanol–water partition coefficient (Wildman–Crippen LogP) is -0.381. The van der Waals surface area contributed by atoms with E-state index in [0.29, 0.717) is 0 Å². The van der Waals surface area contributed by atoms with Crippen LogP contribution in [0.1, 0.15) is 13.3 Å². The van der Waals surface area contributed by atoms with Crippen molar-refractivity contribution in [1.82, 2.24) is 10.6 Å². The van der Waals surface area contributed by atoms with Crippen molar-refractivity contribution in [3.8, 4) is 0 Å². The summed E-state index contributed by atoms with van der Waals surface area (Å²) in [6.45, 7) is 1.94. The Morgan fingerprint density at radius 1 is 1.75 bits per heavy atom. The van der Waals surface area contributed by atoms with Crippen LogP contribution in [0.15, 0.2) is 0 Å². The molecule has 0 aromatic heterocycles. The number of nitrogens with one attached hydrogen (secondary N) is 2. The van der Waals surface area contributed by atoms with Crippen molar-refractivity contribution in [2.75, 3.05) is 7.11 Å². The molecule has 2 atom stereocenters. The first kappa shape index (κ1) is 8.83. The lowest BCUT2D eigenvalue weighted by molar-refractivity contribution is -0.131. The average molecular weight is 172 g/mol. The number of amides is 2. The Balaban J connectivity index is 2.40. The molecule has 0 radical (unpaired) electrons. The summed E-state index contributed by atoms with van der Waals surface area (Å²) in [5.41, 5.74) is 0. The van der Waals surface area contributed by atoms with Gasteiger partial charge in [-0.2, -0.15) is 0 Å². The quantitative estimate of drug-likeness (QED) is 0.558. The molecule has 2 unspecified atom stereocenters. The van der Waals surface area contributed by atoms with E-state index in [-0.39, 0.29) is 11.9 Å². The largest absolute Gasteiger partial charge is 0.453 e. The monoisotopic (exact) mass is 172 g/mol. The summed E-state index contributed by atoms with van der Waals surface area (Å²) in [4.78, 5) is 21.6. The van der Waals surface area contributed by atoms with Gasteiger partial charge < -0.3 is 15.4 Å². The van der Waals surface area contributed by atoms with Crippen molar-refractivity contribution in [3.05, 3.63) is 0 Å². The van der Waals surface area contributed by atoms with Gasteiger partial charge in [-0.3, -0.25) is 4.79 Å². The summed E-state index contributed by atoms with van der Waals surface area (Å²) in [7, 11) is 1.27. The van der Waals surface area contributed by atoms with Gasteiger partial charge in [0.25, 0.3) is 0 Å². The normalized spacial score (nSPS) is 27.0. The molecule has 0 aromatic rings. The van der Waals surface area contributed by atoms with Crippen molar-refractivity contribution in [3.63, 3.8) is 0 Å². The van der Waals surface area contributed by atoms with E-state index in [4.69, 9.17) is 0 Å². The minimum atomic E-state index is -0.562. The van der Waals surface area contributed by atoms with Gasteiger partial charge in [0.1, 0.15) is 6.04 Å². The number of hydrogen-bond acceptors (Lipinski definition) is 3. The van der Waals surface area contributed by atoms with Crippen LogP contribution in [0.4, 0.5) is 4.79 Å². The highest BCUT2D eigenvalue weighted by Gasteiger charge is 2.39. The second-order valence-corrected chi connectivity index (χ2v) is 2.64. The van der Waals surface area contributed by atoms with Crippen LogP contribution in [0.25, 0.3) is 0 Å². The van der Waals surface area contributed by atoms with Crippen molar-refractivity contribution >= 4 is 12.0 Å². The minimum absolute atomic E-state index is 0.0524. The lowest BCUT2D eigenvalue weighted by Gasteiger charge is -2.35. The zero-order valence-electron chi connectivity index (χ0n) is 7.09. The Morgan fingerprint density at radius 3 is 2.83 bits per heavy atom. The Morgan fingerprint density at radius 2 is 2.42 bits per heavy atom. The van der Waals surface area contributed by atoms with Crippen molar-refractivity contribution in [2.24, 2.45) is 0 Å². The molecule has 1 aliphatic rings. The van der Waals surface area contributed by atoms with Gasteiger partial charge in [-0.1, -0.05) is 6.92 Å². The molecule has 1 aliphatic heterocycles. The van der Waals surface area contributed by atoms with E-state index in [2.05, 4.69) is 15.4 Å². The highest BCUT2D eigenvalue weighted by molar-refractivity contribution is 5.92. The minimum Gasteiger partial charge on any atom is -0.453 e. The summed E-state index contributed by atoms with van der Waals surface area (Å²) >= 11 is 0. The van der Waals surface area contributed by atoms with E-state index >= 15 is 0 Å². The standard InChI is InChI=1S/C7H12N2O3/c1-3-4-5(6(10)8-4)9-7(11)12-2/h4-5H,3H2,1-2H3,(H,8,10)(H,9,11). The maximum Gasteiger partial charge on any atom is 0.407 e. The van der Waals surface area contributed by atoms with Crippen LogP contribution in [-0.2, 0) is 9.53 Å². The second kappa shape index (κ2) is 3.42. The molecule has 0 spiro atoms. The molecule has 0 bridgehead atoms. The third-order valence-corrected chi connectivity index (χ3v) is 1.91. The molecule has 2 amide bonds. The molecule has 0 aromatic carbocycles. The maximum atomic E-state index is 10.9. The zero-order valence-corrected chi connectivity index (χ0v) is 7.09. The lowest BCUT2D eigenvalue weighted by atomic mass is 9.97. The third kappa shape index (κ3) is 1.49. The topological polar surface area (TPSA) is 67.4 Å². The van der Waals surface area contributed by atoms with Gasteiger partial charge in [0.2, 0.25) is 5.91 Å². The van der Waals surface area contributed by atoms with Crippen LogP contribution in [-0.4, -0.2) is 31.2 Å². The number of alkyl carbamates (subject to hydrolysis) is 1. The van der Waals surface area contributed by atoms with Crippen LogP contribution >= 0.6 is 0 Å². The average Bonchev–Trinajstić information content (AvgIpc) is 2.09. The molecule has 0 saturated carbocycles. The Hall–Kier alpha value is -1.26. The molecule has 5 heteroatoms. The summed E-state index contributed by atoms with van der Waals surface area (Å²) in [5, 5.41) is 5.11. The van der Waals surface area contributed by atoms with Gasteiger partial charge in [0.05, 0.1) is 13.2 Å². The molecule has 12 heavy (non-hydrogen) atoms. The van der Waals surface area contributed by atoms with Crippen LogP contribution in [0.5, 0.6) is 0 Å². The number of carbonyl (C=O) groups is 2. The van der Waals surface area contributed by atoms with Gasteiger partial charge in [0.15, 0.2) is 0 Å².